The first-order chi connectivity index (χ1) is 13.7. The molecule has 1 atom stereocenters. The standard InChI is InChI=1S/C23H27NO3S/c1-17(28-15-20-7-8-21-22(14-20)27-16-26-21)23(25)24-11-9-19(10-12-24)13-18-5-3-2-4-6-18/h2-8,14,17,19H,9-13,15-16H2,1H3/t17-/m1/s1. The molecular weight excluding hydrogens is 370 g/mol. The Morgan fingerprint density at radius 1 is 1.07 bits per heavy atom. The highest BCUT2D eigenvalue weighted by atomic mass is 32.2. The third-order valence-corrected chi connectivity index (χ3v) is 6.78. The average Bonchev–Trinajstić information content (AvgIpc) is 3.21. The first-order valence-corrected chi connectivity index (χ1v) is 11.1. The van der Waals surface area contributed by atoms with E-state index < -0.39 is 0 Å². The quantitative estimate of drug-likeness (QED) is 0.718. The van der Waals surface area contributed by atoms with Gasteiger partial charge < -0.3 is 14.4 Å². The van der Waals surface area contributed by atoms with E-state index in [4.69, 9.17) is 9.47 Å². The SMILES string of the molecule is C[C@@H](SCc1ccc2c(c1)OCO2)C(=O)N1CCC(Cc2ccccc2)CC1. The van der Waals surface area contributed by atoms with Crippen molar-refractivity contribution in [2.75, 3.05) is 19.9 Å². The molecule has 0 N–H and O–H groups in total. The summed E-state index contributed by atoms with van der Waals surface area (Å²) in [7, 11) is 0. The Labute approximate surface area is 171 Å². The number of carbonyl (C=O) groups is 1. The summed E-state index contributed by atoms with van der Waals surface area (Å²) in [6.45, 7) is 4.08. The van der Waals surface area contributed by atoms with Gasteiger partial charge in [0.15, 0.2) is 11.5 Å². The molecule has 0 bridgehead atoms. The third-order valence-electron chi connectivity index (χ3n) is 5.58. The molecule has 1 fully saturated rings. The number of piperidine rings is 1. The summed E-state index contributed by atoms with van der Waals surface area (Å²) < 4.78 is 10.8. The van der Waals surface area contributed by atoms with E-state index in [1.807, 2.05) is 25.1 Å². The van der Waals surface area contributed by atoms with E-state index in [1.165, 1.54) is 5.56 Å². The van der Waals surface area contributed by atoms with E-state index in [-0.39, 0.29) is 11.2 Å². The van der Waals surface area contributed by atoms with E-state index >= 15 is 0 Å². The second kappa shape index (κ2) is 8.91. The van der Waals surface area contributed by atoms with Gasteiger partial charge in [0.2, 0.25) is 12.7 Å². The fourth-order valence-electron chi connectivity index (χ4n) is 3.89. The number of rotatable bonds is 6. The van der Waals surface area contributed by atoms with Crippen LogP contribution in [0.5, 0.6) is 11.5 Å². The van der Waals surface area contributed by atoms with Crippen molar-refractivity contribution in [2.45, 2.75) is 37.2 Å². The summed E-state index contributed by atoms with van der Waals surface area (Å²) in [5.74, 6) is 3.36. The highest BCUT2D eigenvalue weighted by Crippen LogP contribution is 2.34. The molecule has 0 radical (unpaired) electrons. The van der Waals surface area contributed by atoms with Crippen LogP contribution in [0.15, 0.2) is 48.5 Å². The Morgan fingerprint density at radius 2 is 1.82 bits per heavy atom. The van der Waals surface area contributed by atoms with Crippen LogP contribution in [0.4, 0.5) is 0 Å². The zero-order valence-electron chi connectivity index (χ0n) is 16.3. The maximum atomic E-state index is 12.8. The van der Waals surface area contributed by atoms with Crippen LogP contribution in [0.3, 0.4) is 0 Å². The lowest BCUT2D eigenvalue weighted by Crippen LogP contribution is -2.42. The number of thioether (sulfide) groups is 1. The van der Waals surface area contributed by atoms with Crippen molar-refractivity contribution in [3.8, 4) is 11.5 Å². The van der Waals surface area contributed by atoms with Crippen LogP contribution in [0.1, 0.15) is 30.9 Å². The summed E-state index contributed by atoms with van der Waals surface area (Å²) in [6, 6.07) is 16.7. The highest BCUT2D eigenvalue weighted by molar-refractivity contribution is 7.99. The molecule has 0 saturated carbocycles. The van der Waals surface area contributed by atoms with Crippen LogP contribution in [0.25, 0.3) is 0 Å². The molecule has 28 heavy (non-hydrogen) atoms. The maximum absolute atomic E-state index is 12.8. The maximum Gasteiger partial charge on any atom is 0.235 e. The van der Waals surface area contributed by atoms with Gasteiger partial charge in [-0.15, -0.1) is 11.8 Å². The fourth-order valence-corrected chi connectivity index (χ4v) is 4.80. The Morgan fingerprint density at radius 3 is 2.61 bits per heavy atom. The first-order valence-electron chi connectivity index (χ1n) is 10.0. The topological polar surface area (TPSA) is 38.8 Å². The number of carbonyl (C=O) groups excluding carboxylic acids is 1. The zero-order chi connectivity index (χ0) is 19.3. The number of hydrogen-bond donors (Lipinski definition) is 0. The smallest absolute Gasteiger partial charge is 0.235 e. The molecule has 4 nitrogen and oxygen atoms in total. The minimum absolute atomic E-state index is 0.0314. The van der Waals surface area contributed by atoms with Crippen molar-refractivity contribution in [2.24, 2.45) is 5.92 Å². The fraction of sp³-hybridized carbons (Fsp3) is 0.435. The molecule has 2 aromatic carbocycles. The second-order valence-corrected chi connectivity index (χ2v) is 8.93. The second-order valence-electron chi connectivity index (χ2n) is 7.60. The van der Waals surface area contributed by atoms with Gasteiger partial charge in [-0.2, -0.15) is 0 Å². The third kappa shape index (κ3) is 4.64. The number of benzene rings is 2. The molecule has 4 rings (SSSR count). The lowest BCUT2D eigenvalue weighted by molar-refractivity contribution is -0.131. The predicted octanol–water partition coefficient (Wildman–Crippen LogP) is 4.52. The highest BCUT2D eigenvalue weighted by Gasteiger charge is 2.26. The van der Waals surface area contributed by atoms with Crippen molar-refractivity contribution in [3.63, 3.8) is 0 Å². The number of nitrogens with zero attached hydrogens (tertiary/aromatic N) is 1. The molecule has 2 aliphatic rings. The van der Waals surface area contributed by atoms with Gasteiger partial charge in [0, 0.05) is 18.8 Å². The zero-order valence-corrected chi connectivity index (χ0v) is 17.1. The van der Waals surface area contributed by atoms with Crippen LogP contribution in [0, 0.1) is 5.92 Å². The van der Waals surface area contributed by atoms with Crippen molar-refractivity contribution in [3.05, 3.63) is 59.7 Å². The Hall–Kier alpha value is -2.14. The van der Waals surface area contributed by atoms with Gasteiger partial charge in [-0.3, -0.25) is 4.79 Å². The van der Waals surface area contributed by atoms with Crippen molar-refractivity contribution < 1.29 is 14.3 Å². The molecular formula is C23H27NO3S. The average molecular weight is 398 g/mol. The largest absolute Gasteiger partial charge is 0.454 e. The molecule has 5 heteroatoms. The van der Waals surface area contributed by atoms with Gasteiger partial charge in [-0.1, -0.05) is 36.4 Å². The normalized spacial score (nSPS) is 17.5. The molecule has 0 spiro atoms. The van der Waals surface area contributed by atoms with Crippen LogP contribution >= 0.6 is 11.8 Å². The molecule has 2 aliphatic heterocycles. The van der Waals surface area contributed by atoms with Crippen LogP contribution in [-0.4, -0.2) is 35.9 Å². The van der Waals surface area contributed by atoms with Crippen LogP contribution in [-0.2, 0) is 17.0 Å². The summed E-state index contributed by atoms with van der Waals surface area (Å²) in [4.78, 5) is 14.9. The van der Waals surface area contributed by atoms with E-state index in [2.05, 4.69) is 35.2 Å². The van der Waals surface area contributed by atoms with Crippen molar-refractivity contribution in [1.82, 2.24) is 4.90 Å². The number of likely N-dealkylation sites (tertiary alicyclic amines) is 1. The first kappa shape index (κ1) is 19.2. The van der Waals surface area contributed by atoms with Gasteiger partial charge in [0.1, 0.15) is 0 Å². The van der Waals surface area contributed by atoms with Gasteiger partial charge >= 0.3 is 0 Å². The number of fused-ring (bicyclic) bond motifs is 1. The monoisotopic (exact) mass is 397 g/mol. The molecule has 2 heterocycles. The van der Waals surface area contributed by atoms with Crippen molar-refractivity contribution >= 4 is 17.7 Å². The predicted molar refractivity (Wildman–Crippen MR) is 113 cm³/mol. The van der Waals surface area contributed by atoms with Gasteiger partial charge in [0.25, 0.3) is 0 Å². The molecule has 0 aromatic heterocycles. The van der Waals surface area contributed by atoms with E-state index in [9.17, 15) is 4.79 Å². The minimum Gasteiger partial charge on any atom is -0.454 e. The Bertz CT molecular complexity index is 803. The molecule has 0 aliphatic carbocycles. The Balaban J connectivity index is 1.23. The minimum atomic E-state index is -0.0314. The van der Waals surface area contributed by atoms with E-state index in [1.54, 1.807) is 11.8 Å². The molecule has 1 saturated heterocycles. The van der Waals surface area contributed by atoms with Crippen molar-refractivity contribution in [1.29, 1.82) is 0 Å². The van der Waals surface area contributed by atoms with E-state index in [0.29, 0.717) is 12.7 Å². The number of amides is 1. The number of ether oxygens (including phenoxy) is 2. The molecule has 148 valence electrons. The van der Waals surface area contributed by atoms with Gasteiger partial charge in [-0.05, 0) is 55.4 Å². The Kier molecular flexibility index (Phi) is 6.10. The molecule has 2 aromatic rings. The summed E-state index contributed by atoms with van der Waals surface area (Å²) in [6.07, 6.45) is 3.32. The number of hydrogen-bond acceptors (Lipinski definition) is 4. The summed E-state index contributed by atoms with van der Waals surface area (Å²) in [5.41, 5.74) is 2.57. The molecule has 1 amide bonds. The van der Waals surface area contributed by atoms with E-state index in [0.717, 1.165) is 55.2 Å². The van der Waals surface area contributed by atoms with Gasteiger partial charge in [0.05, 0.1) is 5.25 Å². The summed E-state index contributed by atoms with van der Waals surface area (Å²) in [5, 5.41) is -0.0314. The molecule has 0 unspecified atom stereocenters. The summed E-state index contributed by atoms with van der Waals surface area (Å²) >= 11 is 1.69. The van der Waals surface area contributed by atoms with Crippen LogP contribution in [0.2, 0.25) is 0 Å². The lowest BCUT2D eigenvalue weighted by atomic mass is 9.90. The lowest BCUT2D eigenvalue weighted by Gasteiger charge is -2.33. The van der Waals surface area contributed by atoms with Crippen LogP contribution < -0.4 is 9.47 Å². The van der Waals surface area contributed by atoms with Gasteiger partial charge in [-0.25, -0.2) is 0 Å².